The summed E-state index contributed by atoms with van der Waals surface area (Å²) in [6.07, 6.45) is 0. The number of H-pyrrole nitrogens is 1. The fourth-order valence-electron chi connectivity index (χ4n) is 9.62. The minimum Gasteiger partial charge on any atom is -0.353 e. The molecule has 0 aliphatic carbocycles. The van der Waals surface area contributed by atoms with Crippen molar-refractivity contribution in [3.63, 3.8) is 0 Å². The maximum absolute atomic E-state index is 3.90. The summed E-state index contributed by atoms with van der Waals surface area (Å²) >= 11 is 0. The fraction of sp³-hybridized carbons (Fsp3) is 0. The SMILES string of the molecule is c1ccc(-c2ccc(N(c3ccc(-c4cc5c(-c6ccccc6)c(-c6ccccc6)[nH]c5c5ccccc45)cc3)c3ccc4c(c3)c3ccccc3n4-c3ccccc3)cc2)cc1. The molecule has 0 spiro atoms. The smallest absolute Gasteiger partial charge is 0.0545 e. The van der Waals surface area contributed by atoms with Gasteiger partial charge in [0, 0.05) is 49.9 Å². The van der Waals surface area contributed by atoms with Crippen LogP contribution >= 0.6 is 0 Å². The van der Waals surface area contributed by atoms with E-state index in [1.165, 1.54) is 76.9 Å². The van der Waals surface area contributed by atoms with Crippen LogP contribution in [0.3, 0.4) is 0 Å². The highest BCUT2D eigenvalue weighted by molar-refractivity contribution is 6.19. The number of hydrogen-bond acceptors (Lipinski definition) is 1. The molecule has 1 N–H and O–H groups in total. The van der Waals surface area contributed by atoms with E-state index in [2.05, 4.69) is 257 Å². The number of hydrogen-bond donors (Lipinski definition) is 1. The second kappa shape index (κ2) is 15.3. The molecule has 296 valence electrons. The molecule has 2 heterocycles. The van der Waals surface area contributed by atoms with Crippen molar-refractivity contribution in [3.05, 3.63) is 243 Å². The first-order valence-electron chi connectivity index (χ1n) is 21.6. The van der Waals surface area contributed by atoms with Crippen molar-refractivity contribution in [1.29, 1.82) is 0 Å². The van der Waals surface area contributed by atoms with Crippen LogP contribution in [0.25, 0.3) is 93.8 Å². The standard InChI is InChI=1S/C60H41N3/c1-5-17-41(18-6-1)42-29-33-47(34-30-42)62(49-37-38-57-54(39-49)51-26-15-16-28-56(51)63(57)46-23-11-4-12-24-46)48-35-31-43(32-36-48)53-40-55-58(44-19-7-2-8-20-44)59(45-21-9-3-10-22-45)61-60(55)52-27-14-13-25-50(52)53/h1-40,61H. The zero-order valence-corrected chi connectivity index (χ0v) is 34.5. The van der Waals surface area contributed by atoms with E-state index in [0.29, 0.717) is 0 Å². The lowest BCUT2D eigenvalue weighted by atomic mass is 9.92. The van der Waals surface area contributed by atoms with Gasteiger partial charge in [0.1, 0.15) is 0 Å². The van der Waals surface area contributed by atoms with E-state index in [4.69, 9.17) is 0 Å². The third-order valence-corrected chi connectivity index (χ3v) is 12.5. The van der Waals surface area contributed by atoms with Crippen molar-refractivity contribution in [2.24, 2.45) is 0 Å². The molecule has 0 aliphatic rings. The highest BCUT2D eigenvalue weighted by atomic mass is 15.1. The van der Waals surface area contributed by atoms with E-state index in [-0.39, 0.29) is 0 Å². The van der Waals surface area contributed by atoms with Gasteiger partial charge in [0.15, 0.2) is 0 Å². The molecule has 0 atom stereocenters. The normalized spacial score (nSPS) is 11.5. The lowest BCUT2D eigenvalue weighted by Gasteiger charge is -2.26. The van der Waals surface area contributed by atoms with Crippen molar-refractivity contribution < 1.29 is 0 Å². The molecule has 0 radical (unpaired) electrons. The Kier molecular flexibility index (Phi) is 8.83. The van der Waals surface area contributed by atoms with Crippen LogP contribution in [0, 0.1) is 0 Å². The first-order valence-corrected chi connectivity index (χ1v) is 21.6. The number of anilines is 3. The molecule has 0 unspecified atom stereocenters. The van der Waals surface area contributed by atoms with Gasteiger partial charge in [-0.25, -0.2) is 0 Å². The molecule has 12 rings (SSSR count). The number of rotatable bonds is 8. The molecule has 0 saturated carbocycles. The summed E-state index contributed by atoms with van der Waals surface area (Å²) < 4.78 is 2.37. The first kappa shape index (κ1) is 36.5. The van der Waals surface area contributed by atoms with Gasteiger partial charge >= 0.3 is 0 Å². The van der Waals surface area contributed by atoms with Gasteiger partial charge in [-0.3, -0.25) is 0 Å². The Bertz CT molecular complexity index is 3570. The summed E-state index contributed by atoms with van der Waals surface area (Å²) in [4.78, 5) is 6.29. The van der Waals surface area contributed by atoms with Gasteiger partial charge in [0.25, 0.3) is 0 Å². The van der Waals surface area contributed by atoms with Crippen molar-refractivity contribution >= 4 is 60.5 Å². The Morgan fingerprint density at radius 3 is 1.48 bits per heavy atom. The summed E-state index contributed by atoms with van der Waals surface area (Å²) in [5.41, 5.74) is 17.4. The second-order valence-corrected chi connectivity index (χ2v) is 16.2. The van der Waals surface area contributed by atoms with E-state index in [1.54, 1.807) is 0 Å². The van der Waals surface area contributed by atoms with Crippen molar-refractivity contribution in [2.75, 3.05) is 4.90 Å². The van der Waals surface area contributed by atoms with Crippen LogP contribution < -0.4 is 4.90 Å². The minimum atomic E-state index is 1.08. The van der Waals surface area contributed by atoms with Crippen LogP contribution in [0.1, 0.15) is 0 Å². The summed E-state index contributed by atoms with van der Waals surface area (Å²) in [5.74, 6) is 0. The van der Waals surface area contributed by atoms with E-state index in [9.17, 15) is 0 Å². The van der Waals surface area contributed by atoms with Crippen LogP contribution in [-0.2, 0) is 0 Å². The minimum absolute atomic E-state index is 1.08. The zero-order chi connectivity index (χ0) is 41.7. The van der Waals surface area contributed by atoms with Crippen LogP contribution in [0.15, 0.2) is 243 Å². The summed E-state index contributed by atoms with van der Waals surface area (Å²) in [7, 11) is 0. The van der Waals surface area contributed by atoms with Gasteiger partial charge in [0.05, 0.1) is 22.2 Å². The molecule has 63 heavy (non-hydrogen) atoms. The van der Waals surface area contributed by atoms with Gasteiger partial charge in [-0.1, -0.05) is 176 Å². The molecule has 3 heteroatoms. The van der Waals surface area contributed by atoms with E-state index in [0.717, 1.165) is 34.0 Å². The molecule has 0 aliphatic heterocycles. The van der Waals surface area contributed by atoms with Crippen LogP contribution in [-0.4, -0.2) is 9.55 Å². The molecule has 2 aromatic heterocycles. The lowest BCUT2D eigenvalue weighted by Crippen LogP contribution is -2.10. The Balaban J connectivity index is 1.03. The first-order chi connectivity index (χ1) is 31.3. The third kappa shape index (κ3) is 6.29. The number of para-hydroxylation sites is 2. The molecule has 12 aromatic rings. The van der Waals surface area contributed by atoms with Gasteiger partial charge < -0.3 is 14.5 Å². The van der Waals surface area contributed by atoms with Crippen molar-refractivity contribution in [3.8, 4) is 50.3 Å². The predicted molar refractivity (Wildman–Crippen MR) is 267 cm³/mol. The molecule has 0 bridgehead atoms. The van der Waals surface area contributed by atoms with E-state index >= 15 is 0 Å². The number of nitrogens with one attached hydrogen (secondary N) is 1. The molecular weight excluding hydrogens is 763 g/mol. The summed E-state index contributed by atoms with van der Waals surface area (Å²) in [6.45, 7) is 0. The van der Waals surface area contributed by atoms with Crippen LogP contribution in [0.2, 0.25) is 0 Å². The molecule has 3 nitrogen and oxygen atoms in total. The topological polar surface area (TPSA) is 24.0 Å². The number of nitrogens with zero attached hydrogens (tertiary/aromatic N) is 2. The van der Waals surface area contributed by atoms with E-state index in [1.807, 2.05) is 0 Å². The van der Waals surface area contributed by atoms with Gasteiger partial charge in [-0.15, -0.1) is 0 Å². The van der Waals surface area contributed by atoms with Crippen LogP contribution in [0.4, 0.5) is 17.1 Å². The van der Waals surface area contributed by atoms with Gasteiger partial charge in [0.2, 0.25) is 0 Å². The highest BCUT2D eigenvalue weighted by Crippen LogP contribution is 2.45. The maximum atomic E-state index is 3.90. The third-order valence-electron chi connectivity index (χ3n) is 12.5. The summed E-state index contributed by atoms with van der Waals surface area (Å²) in [6, 6.07) is 87.7. The summed E-state index contributed by atoms with van der Waals surface area (Å²) in [5, 5.41) is 6.07. The fourth-order valence-corrected chi connectivity index (χ4v) is 9.62. The predicted octanol–water partition coefficient (Wildman–Crippen LogP) is 16.6. The number of aromatic amines is 1. The molecule has 0 saturated heterocycles. The van der Waals surface area contributed by atoms with Crippen LogP contribution in [0.5, 0.6) is 0 Å². The van der Waals surface area contributed by atoms with E-state index < -0.39 is 0 Å². The number of aromatic nitrogens is 2. The van der Waals surface area contributed by atoms with Gasteiger partial charge in [-0.05, 0) is 105 Å². The maximum Gasteiger partial charge on any atom is 0.0545 e. The Hall–Kier alpha value is -8.40. The average Bonchev–Trinajstić information content (AvgIpc) is 3.92. The Labute approximate surface area is 366 Å². The highest BCUT2D eigenvalue weighted by Gasteiger charge is 2.21. The monoisotopic (exact) mass is 803 g/mol. The Morgan fingerprint density at radius 1 is 0.317 bits per heavy atom. The zero-order valence-electron chi connectivity index (χ0n) is 34.5. The van der Waals surface area contributed by atoms with Gasteiger partial charge in [-0.2, -0.15) is 0 Å². The largest absolute Gasteiger partial charge is 0.353 e. The van der Waals surface area contributed by atoms with Crippen molar-refractivity contribution in [1.82, 2.24) is 9.55 Å². The lowest BCUT2D eigenvalue weighted by molar-refractivity contribution is 1.18. The molecule has 0 amide bonds. The quantitative estimate of drug-likeness (QED) is 0.163. The molecule has 10 aromatic carbocycles. The second-order valence-electron chi connectivity index (χ2n) is 16.2. The molecule has 0 fully saturated rings. The number of fused-ring (bicyclic) bond motifs is 6. The van der Waals surface area contributed by atoms with Crippen molar-refractivity contribution in [2.45, 2.75) is 0 Å². The Morgan fingerprint density at radius 2 is 0.810 bits per heavy atom. The molecular formula is C60H41N3. The average molecular weight is 804 g/mol. The number of benzene rings is 10.